The van der Waals surface area contributed by atoms with E-state index in [1.54, 1.807) is 4.68 Å². The summed E-state index contributed by atoms with van der Waals surface area (Å²) in [5.41, 5.74) is 12.6. The maximum Gasteiger partial charge on any atom is 0.244 e. The predicted octanol–water partition coefficient (Wildman–Crippen LogP) is 6.49. The number of rotatable bonds is 4. The number of aromatic amines is 1. The second-order valence-electron chi connectivity index (χ2n) is 9.74. The maximum absolute atomic E-state index is 10.1. The highest BCUT2D eigenvalue weighted by atomic mass is 35.5. The Labute approximate surface area is 220 Å². The molecule has 2 aromatic heterocycles. The number of aromatic nitrogens is 4. The molecule has 2 aliphatic rings. The second kappa shape index (κ2) is 9.45. The van der Waals surface area contributed by atoms with Gasteiger partial charge in [-0.05, 0) is 43.4 Å². The van der Waals surface area contributed by atoms with Crippen molar-refractivity contribution < 1.29 is 4.74 Å². The van der Waals surface area contributed by atoms with Gasteiger partial charge in [0.05, 0.1) is 28.6 Å². The quantitative estimate of drug-likeness (QED) is 0.326. The van der Waals surface area contributed by atoms with Gasteiger partial charge in [-0.1, -0.05) is 73.3 Å². The number of halogens is 1. The summed E-state index contributed by atoms with van der Waals surface area (Å²) in [7, 11) is 0. The van der Waals surface area contributed by atoms with E-state index in [2.05, 4.69) is 40.5 Å². The van der Waals surface area contributed by atoms with Crippen LogP contribution >= 0.6 is 11.6 Å². The summed E-state index contributed by atoms with van der Waals surface area (Å²) in [6.45, 7) is 1.89. The fourth-order valence-corrected chi connectivity index (χ4v) is 6.07. The van der Waals surface area contributed by atoms with Gasteiger partial charge < -0.3 is 10.5 Å². The molecule has 1 atom stereocenters. The number of hydrogen-bond donors (Lipinski definition) is 2. The van der Waals surface area contributed by atoms with Gasteiger partial charge in [-0.15, -0.1) is 5.10 Å². The van der Waals surface area contributed by atoms with Crippen LogP contribution in [0.4, 0.5) is 0 Å². The first kappa shape index (κ1) is 23.4. The van der Waals surface area contributed by atoms with Gasteiger partial charge in [0.25, 0.3) is 0 Å². The number of fused-ring (bicyclic) bond motifs is 1. The summed E-state index contributed by atoms with van der Waals surface area (Å²) in [5, 5.41) is 22.8. The first-order valence-electron chi connectivity index (χ1n) is 12.6. The summed E-state index contributed by atoms with van der Waals surface area (Å²) in [6.07, 6.45) is 6.40. The Balaban J connectivity index is 1.47. The van der Waals surface area contributed by atoms with Crippen LogP contribution in [0, 0.1) is 18.3 Å². The van der Waals surface area contributed by atoms with Crippen LogP contribution in [0.3, 0.4) is 0 Å². The molecule has 0 saturated heterocycles. The van der Waals surface area contributed by atoms with Crippen molar-refractivity contribution in [3.63, 3.8) is 0 Å². The van der Waals surface area contributed by atoms with E-state index in [1.165, 1.54) is 37.7 Å². The molecule has 8 heteroatoms. The molecule has 3 heterocycles. The van der Waals surface area contributed by atoms with E-state index in [-0.39, 0.29) is 11.5 Å². The number of nitrogens with one attached hydrogen (secondary N) is 1. The predicted molar refractivity (Wildman–Crippen MR) is 142 cm³/mol. The van der Waals surface area contributed by atoms with Gasteiger partial charge in [-0.3, -0.25) is 5.10 Å². The molecular weight excluding hydrogens is 484 g/mol. The summed E-state index contributed by atoms with van der Waals surface area (Å²) in [4.78, 5) is 0. The highest BCUT2D eigenvalue weighted by molar-refractivity contribution is 6.30. The van der Waals surface area contributed by atoms with Crippen molar-refractivity contribution in [1.82, 2.24) is 20.0 Å². The zero-order chi connectivity index (χ0) is 25.5. The standard InChI is InChI=1S/C29H27ClN6O/c1-17-23(27(30)36(35-17)21-10-6-3-7-11-21)24-22(16-31)28(32)37-29-25(24)26(33-34-29)20-14-12-19(13-15-20)18-8-4-2-5-9-18/h3,6-7,10-15,18,24H,2,4-5,8-9,32H2,1H3,(H,33,34)/t24-/m1/s1. The molecule has 7 nitrogen and oxygen atoms in total. The van der Waals surface area contributed by atoms with Crippen LogP contribution in [0.15, 0.2) is 66.1 Å². The topological polar surface area (TPSA) is 106 Å². The lowest BCUT2D eigenvalue weighted by molar-refractivity contribution is 0.379. The monoisotopic (exact) mass is 510 g/mol. The van der Waals surface area contributed by atoms with E-state index in [9.17, 15) is 5.26 Å². The fourth-order valence-electron chi connectivity index (χ4n) is 5.69. The average molecular weight is 511 g/mol. The Kier molecular flexibility index (Phi) is 5.97. The molecular formula is C29H27ClN6O. The van der Waals surface area contributed by atoms with Crippen molar-refractivity contribution in [2.45, 2.75) is 50.9 Å². The largest absolute Gasteiger partial charge is 0.420 e. The zero-order valence-electron chi connectivity index (χ0n) is 20.5. The molecule has 2 aromatic carbocycles. The SMILES string of the molecule is Cc1nn(-c2ccccc2)c(Cl)c1[C@H]1C(C#N)=C(N)Oc2n[nH]c(-c3ccc(C4CCCCC4)cc3)c21. The second-order valence-corrected chi connectivity index (χ2v) is 10.1. The third kappa shape index (κ3) is 3.98. The van der Waals surface area contributed by atoms with Gasteiger partial charge in [0.1, 0.15) is 16.8 Å². The number of nitrogens with zero attached hydrogens (tertiary/aromatic N) is 4. The summed E-state index contributed by atoms with van der Waals surface area (Å²) < 4.78 is 7.49. The van der Waals surface area contributed by atoms with Gasteiger partial charge in [-0.25, -0.2) is 4.68 Å². The van der Waals surface area contributed by atoms with E-state index in [4.69, 9.17) is 27.2 Å². The Bertz CT molecular complexity index is 1520. The van der Waals surface area contributed by atoms with Crippen molar-refractivity contribution >= 4 is 11.6 Å². The number of aryl methyl sites for hydroxylation is 1. The molecule has 0 radical (unpaired) electrons. The Morgan fingerprint density at radius 2 is 1.78 bits per heavy atom. The number of hydrogen-bond acceptors (Lipinski definition) is 5. The van der Waals surface area contributed by atoms with Gasteiger partial charge in [-0.2, -0.15) is 10.4 Å². The van der Waals surface area contributed by atoms with Crippen LogP contribution in [-0.4, -0.2) is 20.0 Å². The number of nitriles is 1. The Morgan fingerprint density at radius 1 is 1.05 bits per heavy atom. The van der Waals surface area contributed by atoms with Crippen LogP contribution in [0.5, 0.6) is 5.88 Å². The lowest BCUT2D eigenvalue weighted by Crippen LogP contribution is -2.21. The summed E-state index contributed by atoms with van der Waals surface area (Å²) in [5.74, 6) is 0.405. The van der Waals surface area contributed by atoms with E-state index in [0.29, 0.717) is 28.2 Å². The molecule has 0 unspecified atom stereocenters. The van der Waals surface area contributed by atoms with Crippen LogP contribution in [-0.2, 0) is 0 Å². The average Bonchev–Trinajstić information content (AvgIpc) is 3.49. The summed E-state index contributed by atoms with van der Waals surface area (Å²) >= 11 is 6.96. The van der Waals surface area contributed by atoms with Crippen molar-refractivity contribution in [2.24, 2.45) is 5.73 Å². The molecule has 1 aliphatic heterocycles. The summed E-state index contributed by atoms with van der Waals surface area (Å²) in [6, 6.07) is 20.6. The number of H-pyrrole nitrogens is 1. The number of ether oxygens (including phenoxy) is 1. The normalized spacial score (nSPS) is 17.8. The smallest absolute Gasteiger partial charge is 0.244 e. The zero-order valence-corrected chi connectivity index (χ0v) is 21.3. The lowest BCUT2D eigenvalue weighted by Gasteiger charge is -2.24. The van der Waals surface area contributed by atoms with E-state index in [0.717, 1.165) is 22.5 Å². The molecule has 4 aromatic rings. The molecule has 6 rings (SSSR count). The molecule has 1 aliphatic carbocycles. The van der Waals surface area contributed by atoms with Gasteiger partial charge >= 0.3 is 0 Å². The van der Waals surface area contributed by atoms with Gasteiger partial charge in [0.2, 0.25) is 11.8 Å². The number of nitrogens with two attached hydrogens (primary N) is 1. The molecule has 0 spiro atoms. The highest BCUT2D eigenvalue weighted by Crippen LogP contribution is 2.48. The van der Waals surface area contributed by atoms with Crippen LogP contribution in [0.2, 0.25) is 5.15 Å². The maximum atomic E-state index is 10.1. The number of para-hydroxylation sites is 1. The van der Waals surface area contributed by atoms with Crippen LogP contribution in [0.1, 0.15) is 66.3 Å². The van der Waals surface area contributed by atoms with Crippen molar-refractivity contribution in [3.8, 4) is 28.9 Å². The van der Waals surface area contributed by atoms with Crippen molar-refractivity contribution in [1.29, 1.82) is 5.26 Å². The molecule has 1 fully saturated rings. The minimum atomic E-state index is -0.578. The molecule has 37 heavy (non-hydrogen) atoms. The van der Waals surface area contributed by atoms with Gasteiger partial charge in [0.15, 0.2) is 0 Å². The van der Waals surface area contributed by atoms with E-state index >= 15 is 0 Å². The number of allylic oxidation sites excluding steroid dienone is 1. The van der Waals surface area contributed by atoms with Crippen molar-refractivity contribution in [2.75, 3.05) is 0 Å². The van der Waals surface area contributed by atoms with Crippen LogP contribution < -0.4 is 10.5 Å². The van der Waals surface area contributed by atoms with Crippen molar-refractivity contribution in [3.05, 3.63) is 93.6 Å². The highest BCUT2D eigenvalue weighted by Gasteiger charge is 2.39. The first-order valence-corrected chi connectivity index (χ1v) is 13.0. The minimum absolute atomic E-state index is 0.0219. The molecule has 0 amide bonds. The van der Waals surface area contributed by atoms with E-state index < -0.39 is 5.92 Å². The third-order valence-corrected chi connectivity index (χ3v) is 7.92. The first-order chi connectivity index (χ1) is 18.1. The van der Waals surface area contributed by atoms with Crippen LogP contribution in [0.25, 0.3) is 16.9 Å². The molecule has 1 saturated carbocycles. The molecule has 186 valence electrons. The number of benzene rings is 2. The fraction of sp³-hybridized carbons (Fsp3) is 0.276. The third-order valence-electron chi connectivity index (χ3n) is 7.55. The minimum Gasteiger partial charge on any atom is -0.420 e. The Morgan fingerprint density at radius 3 is 2.49 bits per heavy atom. The van der Waals surface area contributed by atoms with E-state index in [1.807, 2.05) is 37.3 Å². The Hall–Kier alpha value is -4.02. The molecule has 0 bridgehead atoms. The lowest BCUT2D eigenvalue weighted by atomic mass is 9.82. The molecule has 3 N–H and O–H groups in total. The van der Waals surface area contributed by atoms with Gasteiger partial charge in [0, 0.05) is 11.1 Å².